The molecule has 3 rings (SSSR count). The van der Waals surface area contributed by atoms with Gasteiger partial charge >= 0.3 is 0 Å². The van der Waals surface area contributed by atoms with Crippen molar-refractivity contribution < 1.29 is 4.79 Å². The zero-order valence-electron chi connectivity index (χ0n) is 10.8. The van der Waals surface area contributed by atoms with Crippen molar-refractivity contribution in [2.45, 2.75) is 6.92 Å². The number of nitrogens with zero attached hydrogens (tertiary/aromatic N) is 1. The standard InChI is InChI=1S/C14H13N3OS.HI/c1-9-8-19-14(17-9)16-7-13(18)11-6-15-12-5-3-2-4-10(11)12;/h2-6,8,15H,7H2,1H3,(H,16,17);1H. The Morgan fingerprint density at radius 3 is 2.95 bits per heavy atom. The number of aromatic amines is 1. The smallest absolute Gasteiger partial charge is 0.184 e. The number of hydrogen-bond acceptors (Lipinski definition) is 4. The first-order valence-electron chi connectivity index (χ1n) is 5.99. The molecule has 2 aromatic heterocycles. The van der Waals surface area contributed by atoms with E-state index in [2.05, 4.69) is 15.3 Å². The molecule has 4 nitrogen and oxygen atoms in total. The quantitative estimate of drug-likeness (QED) is 0.518. The Morgan fingerprint density at radius 2 is 2.20 bits per heavy atom. The van der Waals surface area contributed by atoms with Crippen LogP contribution in [0.1, 0.15) is 16.1 Å². The second kappa shape index (κ2) is 6.36. The number of ketones is 1. The summed E-state index contributed by atoms with van der Waals surface area (Å²) in [5.41, 5.74) is 2.67. The van der Waals surface area contributed by atoms with Gasteiger partial charge in [-0.15, -0.1) is 35.3 Å². The van der Waals surface area contributed by atoms with Gasteiger partial charge in [0.2, 0.25) is 0 Å². The summed E-state index contributed by atoms with van der Waals surface area (Å²) in [5, 5.41) is 6.76. The van der Waals surface area contributed by atoms with Gasteiger partial charge in [-0.1, -0.05) is 18.2 Å². The number of carbonyl (C=O) groups excluding carboxylic acids is 1. The summed E-state index contributed by atoms with van der Waals surface area (Å²) in [5.74, 6) is 0.0605. The molecular weight excluding hydrogens is 385 g/mol. The van der Waals surface area contributed by atoms with Gasteiger partial charge in [0.1, 0.15) is 0 Å². The van der Waals surface area contributed by atoms with Gasteiger partial charge in [0, 0.05) is 28.0 Å². The minimum atomic E-state index is 0. The lowest BCUT2D eigenvalue weighted by molar-refractivity contribution is 0.101. The number of fused-ring (bicyclic) bond motifs is 1. The number of Topliss-reactive ketones (excluding diaryl/α,β-unsaturated/α-hetero) is 1. The number of carbonyl (C=O) groups is 1. The molecule has 3 aromatic rings. The van der Waals surface area contributed by atoms with E-state index in [0.717, 1.165) is 27.3 Å². The zero-order chi connectivity index (χ0) is 13.2. The molecule has 0 spiro atoms. The van der Waals surface area contributed by atoms with E-state index in [1.165, 1.54) is 11.3 Å². The number of halogens is 1. The fraction of sp³-hybridized carbons (Fsp3) is 0.143. The van der Waals surface area contributed by atoms with Crippen LogP contribution in [-0.2, 0) is 0 Å². The molecule has 0 unspecified atom stereocenters. The lowest BCUT2D eigenvalue weighted by atomic mass is 10.1. The fourth-order valence-electron chi connectivity index (χ4n) is 1.99. The van der Waals surface area contributed by atoms with Crippen molar-refractivity contribution in [3.8, 4) is 0 Å². The van der Waals surface area contributed by atoms with Gasteiger partial charge in [-0.3, -0.25) is 4.79 Å². The van der Waals surface area contributed by atoms with Crippen LogP contribution in [-0.4, -0.2) is 22.3 Å². The molecule has 0 aliphatic carbocycles. The summed E-state index contributed by atoms with van der Waals surface area (Å²) in [6.45, 7) is 2.19. The molecule has 2 N–H and O–H groups in total. The average molecular weight is 399 g/mol. The SMILES string of the molecule is Cc1csc(NCC(=O)c2c[nH]c3ccccc23)n1.I. The summed E-state index contributed by atoms with van der Waals surface area (Å²) < 4.78 is 0. The monoisotopic (exact) mass is 399 g/mol. The van der Waals surface area contributed by atoms with E-state index in [1.54, 1.807) is 6.20 Å². The third-order valence-electron chi connectivity index (χ3n) is 2.91. The summed E-state index contributed by atoms with van der Waals surface area (Å²) in [4.78, 5) is 19.6. The molecule has 2 heterocycles. The van der Waals surface area contributed by atoms with Gasteiger partial charge in [0.25, 0.3) is 0 Å². The van der Waals surface area contributed by atoms with E-state index < -0.39 is 0 Å². The maximum Gasteiger partial charge on any atom is 0.184 e. The molecule has 104 valence electrons. The van der Waals surface area contributed by atoms with Crippen molar-refractivity contribution in [3.05, 3.63) is 47.1 Å². The van der Waals surface area contributed by atoms with Crippen LogP contribution in [0.5, 0.6) is 0 Å². The molecule has 0 amide bonds. The van der Waals surface area contributed by atoms with Gasteiger partial charge in [-0.25, -0.2) is 4.98 Å². The van der Waals surface area contributed by atoms with Crippen molar-refractivity contribution in [2.75, 3.05) is 11.9 Å². The van der Waals surface area contributed by atoms with Crippen LogP contribution in [0.25, 0.3) is 10.9 Å². The first-order chi connectivity index (χ1) is 9.24. The number of para-hydroxylation sites is 1. The molecule has 0 fully saturated rings. The van der Waals surface area contributed by atoms with E-state index in [-0.39, 0.29) is 36.3 Å². The first-order valence-corrected chi connectivity index (χ1v) is 6.87. The first kappa shape index (κ1) is 15.0. The van der Waals surface area contributed by atoms with E-state index >= 15 is 0 Å². The highest BCUT2D eigenvalue weighted by Gasteiger charge is 2.11. The van der Waals surface area contributed by atoms with Crippen molar-refractivity contribution in [1.82, 2.24) is 9.97 Å². The Balaban J connectivity index is 0.00000147. The molecule has 0 saturated heterocycles. The van der Waals surface area contributed by atoms with E-state index in [4.69, 9.17) is 0 Å². The molecule has 0 bridgehead atoms. The lowest BCUT2D eigenvalue weighted by Gasteiger charge is -2.01. The Hall–Kier alpha value is -1.41. The molecule has 0 aliphatic rings. The molecule has 0 radical (unpaired) electrons. The highest BCUT2D eigenvalue weighted by Crippen LogP contribution is 2.19. The van der Waals surface area contributed by atoms with Crippen LogP contribution in [0.3, 0.4) is 0 Å². The van der Waals surface area contributed by atoms with Crippen molar-refractivity contribution in [2.24, 2.45) is 0 Å². The Kier molecular flexibility index (Phi) is 4.77. The molecule has 0 atom stereocenters. The van der Waals surface area contributed by atoms with E-state index in [9.17, 15) is 4.79 Å². The number of anilines is 1. The number of rotatable bonds is 4. The number of H-pyrrole nitrogens is 1. The molecule has 1 aromatic carbocycles. The molecule has 6 heteroatoms. The van der Waals surface area contributed by atoms with Crippen molar-refractivity contribution in [1.29, 1.82) is 0 Å². The maximum absolute atomic E-state index is 12.2. The minimum Gasteiger partial charge on any atom is -0.360 e. The molecule has 20 heavy (non-hydrogen) atoms. The number of nitrogens with one attached hydrogen (secondary N) is 2. The van der Waals surface area contributed by atoms with E-state index in [0.29, 0.717) is 0 Å². The van der Waals surface area contributed by atoms with Crippen LogP contribution in [0, 0.1) is 6.92 Å². The lowest BCUT2D eigenvalue weighted by Crippen LogP contribution is -2.13. The highest BCUT2D eigenvalue weighted by molar-refractivity contribution is 14.0. The average Bonchev–Trinajstić information content (AvgIpc) is 3.02. The fourth-order valence-corrected chi connectivity index (χ4v) is 2.68. The van der Waals surface area contributed by atoms with Crippen LogP contribution in [0.4, 0.5) is 5.13 Å². The Bertz CT molecular complexity index is 735. The van der Waals surface area contributed by atoms with Crippen LogP contribution >= 0.6 is 35.3 Å². The maximum atomic E-state index is 12.2. The van der Waals surface area contributed by atoms with E-state index in [1.807, 2.05) is 36.6 Å². The highest BCUT2D eigenvalue weighted by atomic mass is 127. The van der Waals surface area contributed by atoms with Gasteiger partial charge in [0.15, 0.2) is 10.9 Å². The summed E-state index contributed by atoms with van der Waals surface area (Å²) in [6, 6.07) is 7.80. The van der Waals surface area contributed by atoms with Gasteiger partial charge in [-0.05, 0) is 13.0 Å². The number of benzene rings is 1. The van der Waals surface area contributed by atoms with Crippen LogP contribution in [0.2, 0.25) is 0 Å². The third-order valence-corrected chi connectivity index (χ3v) is 3.83. The molecule has 0 aliphatic heterocycles. The second-order valence-corrected chi connectivity index (χ2v) is 5.18. The molecule has 0 saturated carbocycles. The van der Waals surface area contributed by atoms with Gasteiger partial charge < -0.3 is 10.3 Å². The van der Waals surface area contributed by atoms with Crippen LogP contribution in [0.15, 0.2) is 35.8 Å². The normalized spacial score (nSPS) is 10.2. The number of thiazole rings is 1. The minimum absolute atomic E-state index is 0. The molecular formula is C14H14IN3OS. The number of aromatic nitrogens is 2. The van der Waals surface area contributed by atoms with Gasteiger partial charge in [0.05, 0.1) is 12.2 Å². The summed E-state index contributed by atoms with van der Waals surface area (Å²) in [7, 11) is 0. The second-order valence-electron chi connectivity index (χ2n) is 4.32. The largest absolute Gasteiger partial charge is 0.360 e. The van der Waals surface area contributed by atoms with Crippen LogP contribution < -0.4 is 5.32 Å². The summed E-state index contributed by atoms with van der Waals surface area (Å²) >= 11 is 1.51. The Labute approximate surface area is 137 Å². The van der Waals surface area contributed by atoms with Gasteiger partial charge in [-0.2, -0.15) is 0 Å². The predicted octanol–water partition coefficient (Wildman–Crippen LogP) is 3.85. The third kappa shape index (κ3) is 3.01. The zero-order valence-corrected chi connectivity index (χ0v) is 14.0. The van der Waals surface area contributed by atoms with Crippen molar-refractivity contribution >= 4 is 57.1 Å². The number of hydrogen-bond donors (Lipinski definition) is 2. The summed E-state index contributed by atoms with van der Waals surface area (Å²) in [6.07, 6.45) is 1.77. The predicted molar refractivity (Wildman–Crippen MR) is 93.4 cm³/mol. The topological polar surface area (TPSA) is 57.8 Å². The van der Waals surface area contributed by atoms with Crippen molar-refractivity contribution in [3.63, 3.8) is 0 Å². The Morgan fingerprint density at radius 1 is 1.40 bits per heavy atom. The number of aryl methyl sites for hydroxylation is 1.